The summed E-state index contributed by atoms with van der Waals surface area (Å²) in [5, 5.41) is 13.6. The number of rotatable bonds is 5. The molecule has 0 fully saturated rings. The molecule has 1 rings (SSSR count). The van der Waals surface area contributed by atoms with Gasteiger partial charge in [-0.1, -0.05) is 12.1 Å². The number of nitro groups is 1. The van der Waals surface area contributed by atoms with E-state index < -0.39 is 16.8 Å². The molecule has 0 aromatic carbocycles. The van der Waals surface area contributed by atoms with Gasteiger partial charge in [0.1, 0.15) is 4.92 Å². The average Bonchev–Trinajstić information content (AvgIpc) is 2.75. The van der Waals surface area contributed by atoms with Gasteiger partial charge in [0.2, 0.25) is 5.84 Å². The lowest BCUT2D eigenvalue weighted by Gasteiger charge is -1.96. The summed E-state index contributed by atoms with van der Waals surface area (Å²) in [6, 6.07) is 2.40. The van der Waals surface area contributed by atoms with Crippen LogP contribution in [0.25, 0.3) is 0 Å². The standard InChI is InChI=1S/C9H11N3O5/c1-2-3-8(13)17-11-9(10)6-4-5-7(16-6)12(14)15/h4-5H,2-3H2,1H3,(H2,10,11). The summed E-state index contributed by atoms with van der Waals surface area (Å²) in [5.74, 6) is -1.25. The molecule has 92 valence electrons. The van der Waals surface area contributed by atoms with Gasteiger partial charge in [0, 0.05) is 6.42 Å². The monoisotopic (exact) mass is 241 g/mol. The van der Waals surface area contributed by atoms with Crippen LogP contribution >= 0.6 is 0 Å². The number of nitrogens with two attached hydrogens (primary N) is 1. The summed E-state index contributed by atoms with van der Waals surface area (Å²) < 4.78 is 4.75. The number of furan rings is 1. The Morgan fingerprint density at radius 2 is 2.35 bits per heavy atom. The average molecular weight is 241 g/mol. The van der Waals surface area contributed by atoms with E-state index in [0.717, 1.165) is 6.07 Å². The molecule has 0 amide bonds. The van der Waals surface area contributed by atoms with E-state index in [2.05, 4.69) is 9.99 Å². The Labute approximate surface area is 96.2 Å². The fraction of sp³-hybridized carbons (Fsp3) is 0.333. The van der Waals surface area contributed by atoms with Crippen molar-refractivity contribution < 1.29 is 19.0 Å². The minimum absolute atomic E-state index is 0.0269. The molecule has 0 aliphatic carbocycles. The molecule has 0 unspecified atom stereocenters. The minimum Gasteiger partial charge on any atom is -0.397 e. The van der Waals surface area contributed by atoms with Crippen molar-refractivity contribution in [2.75, 3.05) is 0 Å². The van der Waals surface area contributed by atoms with Crippen molar-refractivity contribution in [3.63, 3.8) is 0 Å². The molecule has 0 aliphatic rings. The lowest BCUT2D eigenvalue weighted by Crippen LogP contribution is -2.14. The molecular formula is C9H11N3O5. The summed E-state index contributed by atoms with van der Waals surface area (Å²) >= 11 is 0. The van der Waals surface area contributed by atoms with Gasteiger partial charge in [-0.15, -0.1) is 0 Å². The molecule has 8 nitrogen and oxygen atoms in total. The summed E-state index contributed by atoms with van der Waals surface area (Å²) in [4.78, 5) is 25.1. The highest BCUT2D eigenvalue weighted by atomic mass is 16.7. The van der Waals surface area contributed by atoms with Crippen molar-refractivity contribution in [1.82, 2.24) is 0 Å². The summed E-state index contributed by atoms with van der Waals surface area (Å²) in [6.45, 7) is 1.81. The van der Waals surface area contributed by atoms with Crippen molar-refractivity contribution >= 4 is 17.7 Å². The molecule has 0 bridgehead atoms. The molecule has 17 heavy (non-hydrogen) atoms. The van der Waals surface area contributed by atoms with E-state index >= 15 is 0 Å². The Morgan fingerprint density at radius 3 is 2.88 bits per heavy atom. The van der Waals surface area contributed by atoms with Gasteiger partial charge in [-0.2, -0.15) is 0 Å². The smallest absolute Gasteiger partial charge is 0.397 e. The van der Waals surface area contributed by atoms with Gasteiger partial charge >= 0.3 is 11.9 Å². The van der Waals surface area contributed by atoms with Crippen LogP contribution in [0.15, 0.2) is 21.7 Å². The SMILES string of the molecule is CCCC(=O)O/N=C(\N)c1ccc([N+](=O)[O-])o1. The van der Waals surface area contributed by atoms with Crippen molar-refractivity contribution in [1.29, 1.82) is 0 Å². The first-order valence-electron chi connectivity index (χ1n) is 4.82. The second-order valence-corrected chi connectivity index (χ2v) is 3.08. The topological polar surface area (TPSA) is 121 Å². The number of oxime groups is 1. The summed E-state index contributed by atoms with van der Waals surface area (Å²) in [6.07, 6.45) is 0.843. The van der Waals surface area contributed by atoms with E-state index in [1.165, 1.54) is 6.07 Å². The maximum absolute atomic E-state index is 11.0. The second-order valence-electron chi connectivity index (χ2n) is 3.08. The lowest BCUT2D eigenvalue weighted by molar-refractivity contribution is -0.402. The van der Waals surface area contributed by atoms with E-state index in [1.807, 2.05) is 6.92 Å². The normalized spacial score (nSPS) is 11.2. The van der Waals surface area contributed by atoms with E-state index in [9.17, 15) is 14.9 Å². The van der Waals surface area contributed by atoms with Crippen LogP contribution in [-0.4, -0.2) is 16.7 Å². The number of carbonyl (C=O) groups excluding carboxylic acids is 1. The molecule has 0 spiro atoms. The molecule has 8 heteroatoms. The zero-order valence-corrected chi connectivity index (χ0v) is 9.08. The highest BCUT2D eigenvalue weighted by Crippen LogP contribution is 2.15. The second kappa shape index (κ2) is 5.64. The van der Waals surface area contributed by atoms with Crippen LogP contribution in [-0.2, 0) is 9.63 Å². The minimum atomic E-state index is -0.708. The molecule has 2 N–H and O–H groups in total. The van der Waals surface area contributed by atoms with Crippen molar-refractivity contribution in [2.24, 2.45) is 10.9 Å². The fourth-order valence-corrected chi connectivity index (χ4v) is 0.958. The predicted octanol–water partition coefficient (Wildman–Crippen LogP) is 1.15. The zero-order chi connectivity index (χ0) is 12.8. The third-order valence-corrected chi connectivity index (χ3v) is 1.72. The van der Waals surface area contributed by atoms with Crippen LogP contribution in [0.4, 0.5) is 5.88 Å². The maximum Gasteiger partial charge on any atom is 0.433 e. The highest BCUT2D eigenvalue weighted by Gasteiger charge is 2.14. The van der Waals surface area contributed by atoms with Gasteiger partial charge in [0.25, 0.3) is 0 Å². The molecule has 1 aromatic rings. The van der Waals surface area contributed by atoms with E-state index in [-0.39, 0.29) is 18.0 Å². The van der Waals surface area contributed by atoms with Gasteiger partial charge < -0.3 is 15.0 Å². The number of nitrogens with zero attached hydrogens (tertiary/aromatic N) is 2. The molecule has 1 aromatic heterocycles. The first kappa shape index (κ1) is 12.7. The number of carbonyl (C=O) groups is 1. The molecule has 1 heterocycles. The Bertz CT molecular complexity index is 451. The van der Waals surface area contributed by atoms with Gasteiger partial charge in [-0.05, 0) is 12.5 Å². The molecule has 0 radical (unpaired) electrons. The maximum atomic E-state index is 11.0. The summed E-state index contributed by atoms with van der Waals surface area (Å²) in [7, 11) is 0. The van der Waals surface area contributed by atoms with Gasteiger partial charge in [-0.25, -0.2) is 4.79 Å². The van der Waals surface area contributed by atoms with Gasteiger partial charge in [0.15, 0.2) is 5.76 Å². The van der Waals surface area contributed by atoms with Crippen molar-refractivity contribution in [3.05, 3.63) is 28.0 Å². The van der Waals surface area contributed by atoms with Crippen LogP contribution in [0, 0.1) is 10.1 Å². The van der Waals surface area contributed by atoms with Gasteiger partial charge in [-0.3, -0.25) is 10.1 Å². The Morgan fingerprint density at radius 1 is 1.65 bits per heavy atom. The zero-order valence-electron chi connectivity index (χ0n) is 9.08. The fourth-order valence-electron chi connectivity index (χ4n) is 0.958. The van der Waals surface area contributed by atoms with Gasteiger partial charge in [0.05, 0.1) is 6.07 Å². The van der Waals surface area contributed by atoms with Crippen LogP contribution < -0.4 is 5.73 Å². The molecule has 0 saturated heterocycles. The Hall–Kier alpha value is -2.38. The first-order valence-corrected chi connectivity index (χ1v) is 4.82. The Kier molecular flexibility index (Phi) is 4.21. The molecule has 0 atom stereocenters. The van der Waals surface area contributed by atoms with Crippen molar-refractivity contribution in [2.45, 2.75) is 19.8 Å². The third-order valence-electron chi connectivity index (χ3n) is 1.72. The quantitative estimate of drug-likeness (QED) is 0.271. The van der Waals surface area contributed by atoms with E-state index in [4.69, 9.17) is 10.2 Å². The number of hydrogen-bond acceptors (Lipinski definition) is 6. The van der Waals surface area contributed by atoms with E-state index in [0.29, 0.717) is 6.42 Å². The first-order chi connectivity index (χ1) is 8.04. The largest absolute Gasteiger partial charge is 0.433 e. The van der Waals surface area contributed by atoms with Crippen LogP contribution in [0.1, 0.15) is 25.5 Å². The van der Waals surface area contributed by atoms with E-state index in [1.54, 1.807) is 0 Å². The van der Waals surface area contributed by atoms with Crippen LogP contribution in [0.5, 0.6) is 0 Å². The van der Waals surface area contributed by atoms with Crippen LogP contribution in [0.3, 0.4) is 0 Å². The number of hydrogen-bond donors (Lipinski definition) is 1. The van der Waals surface area contributed by atoms with Crippen LogP contribution in [0.2, 0.25) is 0 Å². The molecule has 0 saturated carbocycles. The van der Waals surface area contributed by atoms with Crippen molar-refractivity contribution in [3.8, 4) is 0 Å². The molecule has 0 aliphatic heterocycles. The lowest BCUT2D eigenvalue weighted by atomic mass is 10.3. The predicted molar refractivity (Wildman–Crippen MR) is 57.1 cm³/mol. The third kappa shape index (κ3) is 3.59. The summed E-state index contributed by atoms with van der Waals surface area (Å²) in [5.41, 5.74) is 5.41. The highest BCUT2D eigenvalue weighted by molar-refractivity contribution is 5.95. The number of amidine groups is 1. The molecular weight excluding hydrogens is 230 g/mol. The Balaban J connectivity index is 2.68.